The average Bonchev–Trinajstić information content (AvgIpc) is 3.24. The van der Waals surface area contributed by atoms with E-state index in [9.17, 15) is 19.2 Å². The Balaban J connectivity index is 1.47. The Morgan fingerprint density at radius 1 is 1.12 bits per heavy atom. The third-order valence-electron chi connectivity index (χ3n) is 9.18. The Morgan fingerprint density at radius 2 is 1.93 bits per heavy atom. The van der Waals surface area contributed by atoms with Crippen molar-refractivity contribution in [3.05, 3.63) is 47.5 Å². The van der Waals surface area contributed by atoms with Gasteiger partial charge in [-0.15, -0.1) is 10.2 Å². The lowest BCUT2D eigenvalue weighted by Gasteiger charge is -2.27. The summed E-state index contributed by atoms with van der Waals surface area (Å²) in [5.74, 6) is 0.690. The van der Waals surface area contributed by atoms with Gasteiger partial charge in [0, 0.05) is 67.5 Å². The highest BCUT2D eigenvalue weighted by atomic mass is 16.4. The van der Waals surface area contributed by atoms with Crippen molar-refractivity contribution in [3.8, 4) is 11.5 Å². The van der Waals surface area contributed by atoms with Crippen LogP contribution in [0.1, 0.15) is 74.2 Å². The molecule has 1 saturated heterocycles. The quantitative estimate of drug-likeness (QED) is 0.339. The van der Waals surface area contributed by atoms with Gasteiger partial charge in [-0.3, -0.25) is 19.2 Å². The van der Waals surface area contributed by atoms with Crippen LogP contribution in [0.5, 0.6) is 0 Å². The van der Waals surface area contributed by atoms with Crippen LogP contribution in [0.4, 0.5) is 0 Å². The topological polar surface area (TPSA) is 119 Å². The SMILES string of the molecule is CCC(=O)[C@@H]1C[C@@]23C[C@H]2N1C(=O)Cn1cc(C(C)=O)c2cc(-c4nnc(C)o4)cc(c21)C/C=C/CCCC(=O)N(C)C3. The van der Waals surface area contributed by atoms with Crippen molar-refractivity contribution in [1.82, 2.24) is 24.6 Å². The zero-order valence-electron chi connectivity index (χ0n) is 24.7. The van der Waals surface area contributed by atoms with E-state index in [1.54, 1.807) is 22.9 Å². The molecule has 0 unspecified atom stereocenters. The molecule has 3 aliphatic rings. The Labute approximate surface area is 244 Å². The molecule has 2 amide bonds. The Kier molecular flexibility index (Phi) is 7.11. The number of ketones is 2. The third-order valence-corrected chi connectivity index (χ3v) is 9.18. The number of amides is 2. The molecule has 1 aromatic carbocycles. The van der Waals surface area contributed by atoms with Gasteiger partial charge in [-0.25, -0.2) is 0 Å². The summed E-state index contributed by atoms with van der Waals surface area (Å²) >= 11 is 0. The van der Waals surface area contributed by atoms with Crippen LogP contribution in [-0.2, 0) is 27.3 Å². The highest BCUT2D eigenvalue weighted by molar-refractivity contribution is 6.09. The minimum atomic E-state index is -0.493. The average molecular weight is 572 g/mol. The summed E-state index contributed by atoms with van der Waals surface area (Å²) in [4.78, 5) is 56.5. The lowest BCUT2D eigenvalue weighted by Crippen LogP contribution is -2.44. The number of allylic oxidation sites excluding steroid dienone is 2. The molecule has 10 nitrogen and oxygen atoms in total. The Morgan fingerprint density at radius 3 is 2.64 bits per heavy atom. The summed E-state index contributed by atoms with van der Waals surface area (Å²) in [6.45, 7) is 5.64. The first-order valence-corrected chi connectivity index (χ1v) is 14.8. The van der Waals surface area contributed by atoms with Gasteiger partial charge >= 0.3 is 0 Å². The Bertz CT molecular complexity index is 1630. The highest BCUT2D eigenvalue weighted by Gasteiger charge is 2.67. The van der Waals surface area contributed by atoms with E-state index in [0.717, 1.165) is 35.7 Å². The number of nitrogens with zero attached hydrogens (tertiary/aromatic N) is 5. The van der Waals surface area contributed by atoms with Crippen LogP contribution in [0.25, 0.3) is 22.4 Å². The second kappa shape index (κ2) is 10.6. The smallest absolute Gasteiger partial charge is 0.247 e. The number of aromatic nitrogens is 3. The lowest BCUT2D eigenvalue weighted by atomic mass is 9.95. The van der Waals surface area contributed by atoms with E-state index in [1.165, 1.54) is 6.92 Å². The molecule has 2 fully saturated rings. The van der Waals surface area contributed by atoms with Crippen molar-refractivity contribution in [2.45, 2.75) is 84.3 Å². The van der Waals surface area contributed by atoms with E-state index < -0.39 is 6.04 Å². The molecule has 2 aromatic heterocycles. The van der Waals surface area contributed by atoms with Crippen molar-refractivity contribution >= 4 is 34.3 Å². The van der Waals surface area contributed by atoms with Gasteiger partial charge in [0.1, 0.15) is 6.54 Å². The normalized spacial score (nSPS) is 25.4. The van der Waals surface area contributed by atoms with Gasteiger partial charge < -0.3 is 18.8 Å². The first-order chi connectivity index (χ1) is 20.1. The van der Waals surface area contributed by atoms with Crippen molar-refractivity contribution in [2.24, 2.45) is 5.41 Å². The molecule has 3 atom stereocenters. The number of carbonyl (C=O) groups is 4. The molecule has 2 bridgehead atoms. The van der Waals surface area contributed by atoms with Crippen molar-refractivity contribution < 1.29 is 23.6 Å². The fourth-order valence-corrected chi connectivity index (χ4v) is 7.03. The maximum atomic E-state index is 14.1. The summed E-state index contributed by atoms with van der Waals surface area (Å²) in [5.41, 5.74) is 2.69. The third kappa shape index (κ3) is 4.86. The number of carbonyl (C=O) groups excluding carboxylic acids is 4. The van der Waals surface area contributed by atoms with Crippen molar-refractivity contribution in [2.75, 3.05) is 13.6 Å². The zero-order chi connectivity index (χ0) is 29.8. The molecule has 42 heavy (non-hydrogen) atoms. The molecule has 4 heterocycles. The molecule has 0 N–H and O–H groups in total. The monoisotopic (exact) mass is 571 g/mol. The van der Waals surface area contributed by atoms with E-state index in [2.05, 4.69) is 22.3 Å². The highest BCUT2D eigenvalue weighted by Crippen LogP contribution is 2.60. The van der Waals surface area contributed by atoms with Gasteiger partial charge in [0.15, 0.2) is 11.6 Å². The van der Waals surface area contributed by atoms with Crippen LogP contribution in [0.15, 0.2) is 34.9 Å². The number of hydrogen-bond acceptors (Lipinski definition) is 7. The van der Waals surface area contributed by atoms with Gasteiger partial charge in [0.2, 0.25) is 23.6 Å². The molecule has 1 aliphatic carbocycles. The number of hydrogen-bond donors (Lipinski definition) is 0. The molecule has 3 aromatic rings. The second-order valence-electron chi connectivity index (χ2n) is 12.1. The summed E-state index contributed by atoms with van der Waals surface area (Å²) in [7, 11) is 1.83. The predicted octanol–water partition coefficient (Wildman–Crippen LogP) is 4.28. The Hall–Kier alpha value is -4.08. The first kappa shape index (κ1) is 28.1. The van der Waals surface area contributed by atoms with E-state index in [0.29, 0.717) is 55.1 Å². The summed E-state index contributed by atoms with van der Waals surface area (Å²) in [5, 5.41) is 8.89. The molecule has 1 saturated carbocycles. The summed E-state index contributed by atoms with van der Waals surface area (Å²) < 4.78 is 7.58. The van der Waals surface area contributed by atoms with E-state index in [-0.39, 0.29) is 41.4 Å². The molecular weight excluding hydrogens is 534 g/mol. The van der Waals surface area contributed by atoms with E-state index in [4.69, 9.17) is 4.42 Å². The van der Waals surface area contributed by atoms with Crippen molar-refractivity contribution in [1.29, 1.82) is 0 Å². The molecule has 0 radical (unpaired) electrons. The molecule has 6 rings (SSSR count). The van der Waals surface area contributed by atoms with Crippen LogP contribution >= 0.6 is 0 Å². The minimum absolute atomic E-state index is 0.00828. The van der Waals surface area contributed by atoms with Gasteiger partial charge in [0.05, 0.1) is 11.6 Å². The molecule has 2 aliphatic heterocycles. The fraction of sp³-hybridized carbons (Fsp3) is 0.500. The molecular formula is C32H37N5O5. The largest absolute Gasteiger partial charge is 0.421 e. The van der Waals surface area contributed by atoms with Gasteiger partial charge in [-0.1, -0.05) is 19.1 Å². The van der Waals surface area contributed by atoms with E-state index >= 15 is 0 Å². The van der Waals surface area contributed by atoms with Crippen LogP contribution in [-0.4, -0.2) is 73.6 Å². The maximum Gasteiger partial charge on any atom is 0.247 e. The number of rotatable bonds is 4. The van der Waals surface area contributed by atoms with Gasteiger partial charge in [0.25, 0.3) is 0 Å². The minimum Gasteiger partial charge on any atom is -0.421 e. The number of piperidine rings is 1. The maximum absolute atomic E-state index is 14.1. The standard InChI is InChI=1S/C32H37N5O5/c1-5-26(39)25-14-32-15-27(32)37(25)29(41)17-36-16-24(19(2)38)23-13-22(31-34-33-20(3)42-31)12-21(30(23)36)10-8-6-7-9-11-28(40)35(4)18-32/h6,8,12-13,16,25,27H,5,7,9-11,14-15,17-18H2,1-4H3/b8-6+/t25-,27+,32-/m0/s1. The fourth-order valence-electron chi connectivity index (χ4n) is 7.03. The molecule has 10 heteroatoms. The van der Waals surface area contributed by atoms with Crippen LogP contribution < -0.4 is 0 Å². The zero-order valence-corrected chi connectivity index (χ0v) is 24.7. The summed E-state index contributed by atoms with van der Waals surface area (Å²) in [6.07, 6.45) is 10.1. The number of aryl methyl sites for hydroxylation is 1. The van der Waals surface area contributed by atoms with Gasteiger partial charge in [-0.05, 0) is 56.7 Å². The summed E-state index contributed by atoms with van der Waals surface area (Å²) in [6, 6.07) is 3.29. The second-order valence-corrected chi connectivity index (χ2v) is 12.1. The van der Waals surface area contributed by atoms with E-state index in [1.807, 2.05) is 30.7 Å². The van der Waals surface area contributed by atoms with Crippen LogP contribution in [0.2, 0.25) is 0 Å². The van der Waals surface area contributed by atoms with Gasteiger partial charge in [-0.2, -0.15) is 0 Å². The van der Waals surface area contributed by atoms with Crippen LogP contribution in [0, 0.1) is 12.3 Å². The number of Topliss-reactive ketones (excluding diaryl/α,β-unsaturated/α-hetero) is 2. The number of benzene rings is 1. The first-order valence-electron chi connectivity index (χ1n) is 14.8. The van der Waals surface area contributed by atoms with Crippen LogP contribution in [0.3, 0.4) is 0 Å². The predicted molar refractivity (Wildman–Crippen MR) is 156 cm³/mol. The lowest BCUT2D eigenvalue weighted by molar-refractivity contribution is -0.139. The van der Waals surface area contributed by atoms with Crippen molar-refractivity contribution in [3.63, 3.8) is 0 Å². The molecule has 0 spiro atoms. The molecule has 220 valence electrons.